The molecule has 0 bridgehead atoms. The van der Waals surface area contributed by atoms with Crippen LogP contribution in [0.5, 0.6) is 0 Å². The van der Waals surface area contributed by atoms with Gasteiger partial charge in [0.2, 0.25) is 0 Å². The Morgan fingerprint density at radius 2 is 2.35 bits per heavy atom. The Labute approximate surface area is 119 Å². The van der Waals surface area contributed by atoms with Crippen LogP contribution >= 0.6 is 0 Å². The van der Waals surface area contributed by atoms with Crippen molar-refractivity contribution in [2.24, 2.45) is 0 Å². The zero-order valence-electron chi connectivity index (χ0n) is 12.0. The van der Waals surface area contributed by atoms with Crippen LogP contribution in [0.15, 0.2) is 18.2 Å². The highest BCUT2D eigenvalue weighted by atomic mass is 16.5. The summed E-state index contributed by atoms with van der Waals surface area (Å²) in [4.78, 5) is 12.0. The summed E-state index contributed by atoms with van der Waals surface area (Å²) in [5, 5.41) is 3.41. The number of rotatable bonds is 4. The van der Waals surface area contributed by atoms with Gasteiger partial charge in [0.1, 0.15) is 0 Å². The lowest BCUT2D eigenvalue weighted by molar-refractivity contribution is 0.0232. The summed E-state index contributed by atoms with van der Waals surface area (Å²) in [7, 11) is 0. The van der Waals surface area contributed by atoms with Crippen molar-refractivity contribution in [3.8, 4) is 0 Å². The first-order valence-corrected chi connectivity index (χ1v) is 7.05. The summed E-state index contributed by atoms with van der Waals surface area (Å²) in [5.41, 5.74) is 7.58. The molecule has 0 amide bonds. The molecular weight excluding hydrogens is 256 g/mol. The summed E-state index contributed by atoms with van der Waals surface area (Å²) in [5.74, 6) is -0.345. The fourth-order valence-electron chi connectivity index (χ4n) is 2.41. The van der Waals surface area contributed by atoms with Gasteiger partial charge < -0.3 is 20.5 Å². The van der Waals surface area contributed by atoms with E-state index in [1.807, 2.05) is 6.07 Å². The van der Waals surface area contributed by atoms with Gasteiger partial charge in [-0.25, -0.2) is 4.79 Å². The SMILES string of the molecule is CCOC(=O)c1cc(N)ccc1NC1CCOC(C)C1. The molecule has 1 aromatic carbocycles. The molecule has 110 valence electrons. The molecule has 2 atom stereocenters. The second-order valence-electron chi connectivity index (χ2n) is 5.07. The van der Waals surface area contributed by atoms with Crippen LogP contribution in [0.4, 0.5) is 11.4 Å². The molecule has 1 saturated heterocycles. The average molecular weight is 278 g/mol. The van der Waals surface area contributed by atoms with Gasteiger partial charge in [-0.15, -0.1) is 0 Å². The van der Waals surface area contributed by atoms with Crippen molar-refractivity contribution >= 4 is 17.3 Å². The van der Waals surface area contributed by atoms with Gasteiger partial charge in [0.15, 0.2) is 0 Å². The largest absolute Gasteiger partial charge is 0.462 e. The summed E-state index contributed by atoms with van der Waals surface area (Å²) < 4.78 is 10.6. The fraction of sp³-hybridized carbons (Fsp3) is 0.533. The quantitative estimate of drug-likeness (QED) is 0.653. The minimum Gasteiger partial charge on any atom is -0.462 e. The van der Waals surface area contributed by atoms with Crippen molar-refractivity contribution in [3.05, 3.63) is 23.8 Å². The molecule has 5 heteroatoms. The Morgan fingerprint density at radius 3 is 3.05 bits per heavy atom. The zero-order valence-corrected chi connectivity index (χ0v) is 12.0. The standard InChI is InChI=1S/C15H22N2O3/c1-3-19-15(18)13-9-11(16)4-5-14(13)17-12-6-7-20-10(2)8-12/h4-5,9-10,12,17H,3,6-8,16H2,1-2H3. The van der Waals surface area contributed by atoms with E-state index in [0.717, 1.165) is 25.1 Å². The number of hydrogen-bond donors (Lipinski definition) is 2. The van der Waals surface area contributed by atoms with Crippen LogP contribution in [-0.4, -0.2) is 31.3 Å². The molecule has 2 rings (SSSR count). The second-order valence-corrected chi connectivity index (χ2v) is 5.07. The molecule has 1 heterocycles. The number of esters is 1. The lowest BCUT2D eigenvalue weighted by Gasteiger charge is -2.29. The molecule has 0 radical (unpaired) electrons. The Bertz CT molecular complexity index is 476. The van der Waals surface area contributed by atoms with E-state index < -0.39 is 0 Å². The monoisotopic (exact) mass is 278 g/mol. The van der Waals surface area contributed by atoms with Crippen LogP contribution in [-0.2, 0) is 9.47 Å². The third-order valence-electron chi connectivity index (χ3n) is 3.38. The Kier molecular flexibility index (Phi) is 4.84. The first-order valence-electron chi connectivity index (χ1n) is 7.05. The van der Waals surface area contributed by atoms with Crippen molar-refractivity contribution < 1.29 is 14.3 Å². The van der Waals surface area contributed by atoms with E-state index in [0.29, 0.717) is 23.9 Å². The van der Waals surface area contributed by atoms with Gasteiger partial charge in [-0.05, 0) is 44.9 Å². The van der Waals surface area contributed by atoms with Gasteiger partial charge in [0.25, 0.3) is 0 Å². The molecule has 1 fully saturated rings. The van der Waals surface area contributed by atoms with Gasteiger partial charge in [-0.1, -0.05) is 0 Å². The molecule has 3 N–H and O–H groups in total. The second kappa shape index (κ2) is 6.61. The Balaban J connectivity index is 2.15. The van der Waals surface area contributed by atoms with E-state index in [4.69, 9.17) is 15.2 Å². The number of benzene rings is 1. The van der Waals surface area contributed by atoms with E-state index in [1.165, 1.54) is 0 Å². The molecular formula is C15H22N2O3. The van der Waals surface area contributed by atoms with Crippen LogP contribution in [0.1, 0.15) is 37.0 Å². The van der Waals surface area contributed by atoms with E-state index in [-0.39, 0.29) is 12.1 Å². The zero-order chi connectivity index (χ0) is 14.5. The van der Waals surface area contributed by atoms with Crippen molar-refractivity contribution in [2.45, 2.75) is 38.8 Å². The number of anilines is 2. The Hall–Kier alpha value is -1.75. The lowest BCUT2D eigenvalue weighted by atomic mass is 10.0. The van der Waals surface area contributed by atoms with Crippen LogP contribution in [0, 0.1) is 0 Å². The maximum absolute atomic E-state index is 12.0. The summed E-state index contributed by atoms with van der Waals surface area (Å²) in [6.45, 7) is 4.93. The molecule has 1 aliphatic heterocycles. The van der Waals surface area contributed by atoms with Crippen LogP contribution < -0.4 is 11.1 Å². The predicted molar refractivity (Wildman–Crippen MR) is 78.9 cm³/mol. The van der Waals surface area contributed by atoms with E-state index >= 15 is 0 Å². The molecule has 0 spiro atoms. The van der Waals surface area contributed by atoms with Crippen molar-refractivity contribution in [1.29, 1.82) is 0 Å². The van der Waals surface area contributed by atoms with E-state index in [1.54, 1.807) is 19.1 Å². The van der Waals surface area contributed by atoms with Gasteiger partial charge >= 0.3 is 5.97 Å². The normalized spacial score (nSPS) is 22.3. The molecule has 1 aromatic rings. The summed E-state index contributed by atoms with van der Waals surface area (Å²) in [6.07, 6.45) is 2.09. The molecule has 0 aromatic heterocycles. The van der Waals surface area contributed by atoms with Crippen molar-refractivity contribution in [2.75, 3.05) is 24.3 Å². The minimum atomic E-state index is -0.345. The molecule has 5 nitrogen and oxygen atoms in total. The molecule has 20 heavy (non-hydrogen) atoms. The number of nitrogens with two attached hydrogens (primary N) is 1. The predicted octanol–water partition coefficient (Wildman–Crippen LogP) is 2.42. The average Bonchev–Trinajstić information content (AvgIpc) is 2.41. The van der Waals surface area contributed by atoms with Crippen LogP contribution in [0.2, 0.25) is 0 Å². The fourth-order valence-corrected chi connectivity index (χ4v) is 2.41. The molecule has 0 saturated carbocycles. The first kappa shape index (κ1) is 14.7. The summed E-state index contributed by atoms with van der Waals surface area (Å²) in [6, 6.07) is 5.58. The van der Waals surface area contributed by atoms with Crippen LogP contribution in [0.3, 0.4) is 0 Å². The van der Waals surface area contributed by atoms with Gasteiger partial charge in [-0.2, -0.15) is 0 Å². The number of hydrogen-bond acceptors (Lipinski definition) is 5. The van der Waals surface area contributed by atoms with Gasteiger partial charge in [0.05, 0.1) is 18.3 Å². The smallest absolute Gasteiger partial charge is 0.340 e. The topological polar surface area (TPSA) is 73.6 Å². The van der Waals surface area contributed by atoms with Crippen molar-refractivity contribution in [3.63, 3.8) is 0 Å². The maximum atomic E-state index is 12.0. The number of nitrogen functional groups attached to an aromatic ring is 1. The molecule has 2 unspecified atom stereocenters. The van der Waals surface area contributed by atoms with Crippen molar-refractivity contribution in [1.82, 2.24) is 0 Å². The van der Waals surface area contributed by atoms with E-state index in [9.17, 15) is 4.79 Å². The highest BCUT2D eigenvalue weighted by Gasteiger charge is 2.21. The third kappa shape index (κ3) is 3.63. The molecule has 0 aliphatic carbocycles. The third-order valence-corrected chi connectivity index (χ3v) is 3.38. The lowest BCUT2D eigenvalue weighted by Crippen LogP contribution is -2.33. The first-order chi connectivity index (χ1) is 9.60. The molecule has 1 aliphatic rings. The summed E-state index contributed by atoms with van der Waals surface area (Å²) >= 11 is 0. The van der Waals surface area contributed by atoms with Crippen LogP contribution in [0.25, 0.3) is 0 Å². The van der Waals surface area contributed by atoms with E-state index in [2.05, 4.69) is 12.2 Å². The number of carbonyl (C=O) groups excluding carboxylic acids is 1. The Morgan fingerprint density at radius 1 is 1.55 bits per heavy atom. The highest BCUT2D eigenvalue weighted by Crippen LogP contribution is 2.24. The number of ether oxygens (including phenoxy) is 2. The van der Waals surface area contributed by atoms with Gasteiger partial charge in [0, 0.05) is 24.0 Å². The van der Waals surface area contributed by atoms with Gasteiger partial charge in [-0.3, -0.25) is 0 Å². The minimum absolute atomic E-state index is 0.237. The number of carbonyl (C=O) groups is 1. The maximum Gasteiger partial charge on any atom is 0.340 e. The highest BCUT2D eigenvalue weighted by molar-refractivity contribution is 5.96. The number of nitrogens with one attached hydrogen (secondary N) is 1.